The van der Waals surface area contributed by atoms with Crippen LogP contribution < -0.4 is 4.90 Å². The van der Waals surface area contributed by atoms with Gasteiger partial charge in [-0.3, -0.25) is 9.69 Å². The summed E-state index contributed by atoms with van der Waals surface area (Å²) in [6.07, 6.45) is 7.19. The summed E-state index contributed by atoms with van der Waals surface area (Å²) < 4.78 is 9.11. The van der Waals surface area contributed by atoms with Crippen LogP contribution in [0.25, 0.3) is 10.2 Å². The highest BCUT2D eigenvalue weighted by atomic mass is 79.9. The molecule has 1 aromatic carbocycles. The summed E-state index contributed by atoms with van der Waals surface area (Å²) in [6.45, 7) is 3.44. The third kappa shape index (κ3) is 4.88. The second-order valence-corrected chi connectivity index (χ2v) is 8.16. The molecule has 152 valence electrons. The Hall–Kier alpha value is -2.16. The van der Waals surface area contributed by atoms with Crippen molar-refractivity contribution in [3.8, 4) is 0 Å². The summed E-state index contributed by atoms with van der Waals surface area (Å²) >= 11 is 4.80. The Morgan fingerprint density at radius 2 is 2.17 bits per heavy atom. The maximum Gasteiger partial charge on any atom is 0.295 e. The molecule has 0 aliphatic rings. The van der Waals surface area contributed by atoms with Gasteiger partial charge >= 0.3 is 0 Å². The molecule has 0 aliphatic heterocycles. The molecule has 6 nitrogen and oxygen atoms in total. The van der Waals surface area contributed by atoms with Gasteiger partial charge in [0.15, 0.2) is 15.6 Å². The fraction of sp³-hybridized carbons (Fsp3) is 0.250. The van der Waals surface area contributed by atoms with Gasteiger partial charge in [-0.1, -0.05) is 24.3 Å². The lowest BCUT2D eigenvalue weighted by Crippen LogP contribution is -2.32. The zero-order valence-electron chi connectivity index (χ0n) is 15.7. The molecule has 0 atom stereocenters. The van der Waals surface area contributed by atoms with Crippen molar-refractivity contribution in [2.45, 2.75) is 26.3 Å². The molecule has 3 aromatic heterocycles. The Kier molecular flexibility index (Phi) is 7.10. The molecule has 29 heavy (non-hydrogen) atoms. The van der Waals surface area contributed by atoms with Gasteiger partial charge in [-0.15, -0.1) is 12.4 Å². The van der Waals surface area contributed by atoms with E-state index in [1.54, 1.807) is 29.6 Å². The number of anilines is 1. The van der Waals surface area contributed by atoms with E-state index in [0.29, 0.717) is 22.1 Å². The normalized spacial score (nSPS) is 10.8. The highest BCUT2D eigenvalue weighted by molar-refractivity contribution is 9.10. The number of aryl methyl sites for hydroxylation is 2. The molecule has 9 heteroatoms. The molecular formula is C20H20BrClN4O2S. The number of aromatic nitrogens is 3. The van der Waals surface area contributed by atoms with E-state index in [9.17, 15) is 4.79 Å². The Morgan fingerprint density at radius 1 is 1.31 bits per heavy atom. The molecule has 4 aromatic rings. The number of furan rings is 1. The lowest BCUT2D eigenvalue weighted by atomic mass is 10.2. The maximum absolute atomic E-state index is 13.1. The lowest BCUT2D eigenvalue weighted by Gasteiger charge is -2.18. The van der Waals surface area contributed by atoms with E-state index >= 15 is 0 Å². The van der Waals surface area contributed by atoms with Crippen LogP contribution in [0.15, 0.2) is 58.1 Å². The van der Waals surface area contributed by atoms with Crippen molar-refractivity contribution in [1.82, 2.24) is 14.5 Å². The van der Waals surface area contributed by atoms with Crippen molar-refractivity contribution < 1.29 is 9.21 Å². The summed E-state index contributed by atoms with van der Waals surface area (Å²) in [6, 6.07) is 9.65. The van der Waals surface area contributed by atoms with Gasteiger partial charge < -0.3 is 8.98 Å². The number of rotatable bonds is 7. The zero-order valence-corrected chi connectivity index (χ0v) is 19.0. The number of carbonyl (C=O) groups excluding carboxylic acids is 1. The van der Waals surface area contributed by atoms with E-state index in [1.165, 1.54) is 16.9 Å². The molecule has 4 rings (SSSR count). The first kappa shape index (κ1) is 21.5. The SMILES string of the molecule is CCc1ccc2nc(N(CCCn3ccnc3)C(=O)c3ccc(Br)o3)sc2c1.Cl. The maximum atomic E-state index is 13.1. The van der Waals surface area contributed by atoms with E-state index in [-0.39, 0.29) is 18.3 Å². The number of hydrogen-bond acceptors (Lipinski definition) is 5. The number of fused-ring (bicyclic) bond motifs is 1. The molecule has 0 N–H and O–H groups in total. The van der Waals surface area contributed by atoms with Crippen LogP contribution in [-0.4, -0.2) is 27.0 Å². The monoisotopic (exact) mass is 494 g/mol. The summed E-state index contributed by atoms with van der Waals surface area (Å²) in [7, 11) is 0. The quantitative estimate of drug-likeness (QED) is 0.336. The second kappa shape index (κ2) is 9.56. The number of halogens is 2. The van der Waals surface area contributed by atoms with Crippen LogP contribution in [0.3, 0.4) is 0 Å². The van der Waals surface area contributed by atoms with Gasteiger partial charge in [0, 0.05) is 25.5 Å². The van der Waals surface area contributed by atoms with Crippen LogP contribution in [0.1, 0.15) is 29.5 Å². The minimum absolute atomic E-state index is 0. The van der Waals surface area contributed by atoms with Gasteiger partial charge in [0.05, 0.1) is 16.5 Å². The number of amides is 1. The molecule has 0 spiro atoms. The molecule has 0 saturated heterocycles. The topological polar surface area (TPSA) is 64.2 Å². The smallest absolute Gasteiger partial charge is 0.295 e. The van der Waals surface area contributed by atoms with Crippen LogP contribution in [0, 0.1) is 0 Å². The molecule has 0 bridgehead atoms. The van der Waals surface area contributed by atoms with Gasteiger partial charge in [-0.2, -0.15) is 0 Å². The number of benzene rings is 1. The average Bonchev–Trinajstić information content (AvgIpc) is 3.44. The van der Waals surface area contributed by atoms with E-state index in [0.717, 1.165) is 29.6 Å². The predicted octanol–water partition coefficient (Wildman–Crippen LogP) is 5.57. The Morgan fingerprint density at radius 3 is 2.86 bits per heavy atom. The van der Waals surface area contributed by atoms with Gasteiger partial charge in [0.25, 0.3) is 5.91 Å². The van der Waals surface area contributed by atoms with E-state index in [2.05, 4.69) is 40.0 Å². The van der Waals surface area contributed by atoms with Gasteiger partial charge in [-0.05, 0) is 58.6 Å². The second-order valence-electron chi connectivity index (χ2n) is 6.37. The number of nitrogens with zero attached hydrogens (tertiary/aromatic N) is 4. The highest BCUT2D eigenvalue weighted by Crippen LogP contribution is 2.31. The lowest BCUT2D eigenvalue weighted by molar-refractivity contribution is 0.0958. The summed E-state index contributed by atoms with van der Waals surface area (Å²) in [4.78, 5) is 23.6. The van der Waals surface area contributed by atoms with Crippen molar-refractivity contribution in [1.29, 1.82) is 0 Å². The fourth-order valence-corrected chi connectivity index (χ4v) is 4.33. The van der Waals surface area contributed by atoms with Crippen LogP contribution >= 0.6 is 39.7 Å². The van der Waals surface area contributed by atoms with Crippen molar-refractivity contribution in [3.63, 3.8) is 0 Å². The molecule has 0 saturated carbocycles. The minimum atomic E-state index is -0.189. The van der Waals surface area contributed by atoms with Crippen molar-refractivity contribution in [2.24, 2.45) is 0 Å². The molecule has 0 radical (unpaired) electrons. The Balaban J connectivity index is 0.00000240. The molecule has 0 unspecified atom stereocenters. The molecule has 1 amide bonds. The fourth-order valence-electron chi connectivity index (χ4n) is 2.97. The first-order valence-corrected chi connectivity index (χ1v) is 10.7. The number of carbonyl (C=O) groups is 1. The molecular weight excluding hydrogens is 476 g/mol. The summed E-state index contributed by atoms with van der Waals surface area (Å²) in [5.74, 6) is 0.106. The number of hydrogen-bond donors (Lipinski definition) is 0. The third-order valence-electron chi connectivity index (χ3n) is 4.47. The Labute approximate surface area is 187 Å². The van der Waals surface area contributed by atoms with Crippen LogP contribution in [0.2, 0.25) is 0 Å². The van der Waals surface area contributed by atoms with E-state index in [1.807, 2.05) is 16.8 Å². The standard InChI is InChI=1S/C20H19BrN4O2S.ClH/c1-2-14-4-5-15-17(12-14)28-20(23-15)25(10-3-9-24-11-8-22-13-24)19(26)16-6-7-18(21)27-16;/h4-8,11-13H,2-3,9-10H2,1H3;1H. The summed E-state index contributed by atoms with van der Waals surface area (Å²) in [5.41, 5.74) is 2.17. The Bertz CT molecular complexity index is 1090. The zero-order chi connectivity index (χ0) is 19.5. The van der Waals surface area contributed by atoms with Gasteiger partial charge in [0.2, 0.25) is 0 Å². The average molecular weight is 496 g/mol. The highest BCUT2D eigenvalue weighted by Gasteiger charge is 2.23. The largest absolute Gasteiger partial charge is 0.444 e. The predicted molar refractivity (Wildman–Crippen MR) is 121 cm³/mol. The molecule has 3 heterocycles. The van der Waals surface area contributed by atoms with E-state index < -0.39 is 0 Å². The van der Waals surface area contributed by atoms with Crippen LogP contribution in [0.4, 0.5) is 5.13 Å². The third-order valence-corrected chi connectivity index (χ3v) is 5.93. The van der Waals surface area contributed by atoms with Crippen molar-refractivity contribution >= 4 is 60.9 Å². The van der Waals surface area contributed by atoms with Gasteiger partial charge in [-0.25, -0.2) is 9.97 Å². The molecule has 0 fully saturated rings. The van der Waals surface area contributed by atoms with Crippen LogP contribution in [-0.2, 0) is 13.0 Å². The van der Waals surface area contributed by atoms with Crippen molar-refractivity contribution in [3.05, 3.63) is 65.0 Å². The van der Waals surface area contributed by atoms with E-state index in [4.69, 9.17) is 9.40 Å². The molecule has 0 aliphatic carbocycles. The van der Waals surface area contributed by atoms with Crippen LogP contribution in [0.5, 0.6) is 0 Å². The first-order chi connectivity index (χ1) is 13.6. The number of imidazole rings is 1. The summed E-state index contributed by atoms with van der Waals surface area (Å²) in [5, 5.41) is 0.686. The van der Waals surface area contributed by atoms with Crippen molar-refractivity contribution in [2.75, 3.05) is 11.4 Å². The first-order valence-electron chi connectivity index (χ1n) is 9.06. The van der Waals surface area contributed by atoms with Gasteiger partial charge in [0.1, 0.15) is 0 Å². The minimum Gasteiger partial charge on any atom is -0.444 e. The number of thiazole rings is 1.